The standard InChI is InChI=1S/C13H10Cl2O2/c14-10-1-2-13(17)9(6-10)3-8-4-11(15)7-12(16)5-8/h1-2,4-7,16-17H,3H2. The molecule has 0 unspecified atom stereocenters. The smallest absolute Gasteiger partial charge is 0.119 e. The van der Waals surface area contributed by atoms with Crippen LogP contribution >= 0.6 is 23.2 Å². The van der Waals surface area contributed by atoms with E-state index in [1.165, 1.54) is 6.07 Å². The number of phenolic OH excluding ortho intramolecular Hbond substituents is 2. The molecule has 0 heterocycles. The van der Waals surface area contributed by atoms with Gasteiger partial charge in [-0.15, -0.1) is 0 Å². The van der Waals surface area contributed by atoms with Gasteiger partial charge in [-0.25, -0.2) is 0 Å². The van der Waals surface area contributed by atoms with Gasteiger partial charge >= 0.3 is 0 Å². The Morgan fingerprint density at radius 1 is 0.882 bits per heavy atom. The van der Waals surface area contributed by atoms with Crippen molar-refractivity contribution in [1.82, 2.24) is 0 Å². The average Bonchev–Trinajstić information content (AvgIpc) is 2.22. The summed E-state index contributed by atoms with van der Waals surface area (Å²) < 4.78 is 0. The highest BCUT2D eigenvalue weighted by molar-refractivity contribution is 6.31. The predicted molar refractivity (Wildman–Crippen MR) is 69.0 cm³/mol. The monoisotopic (exact) mass is 268 g/mol. The van der Waals surface area contributed by atoms with Crippen molar-refractivity contribution in [2.75, 3.05) is 0 Å². The van der Waals surface area contributed by atoms with E-state index in [9.17, 15) is 10.2 Å². The molecule has 2 rings (SSSR count). The second-order valence-corrected chi connectivity index (χ2v) is 4.64. The average molecular weight is 269 g/mol. The van der Waals surface area contributed by atoms with Crippen LogP contribution in [0.3, 0.4) is 0 Å². The lowest BCUT2D eigenvalue weighted by Crippen LogP contribution is -1.89. The summed E-state index contributed by atoms with van der Waals surface area (Å²) in [5, 5.41) is 20.1. The van der Waals surface area contributed by atoms with Crippen molar-refractivity contribution in [2.45, 2.75) is 6.42 Å². The lowest BCUT2D eigenvalue weighted by Gasteiger charge is -2.06. The Kier molecular flexibility index (Phi) is 3.46. The van der Waals surface area contributed by atoms with Gasteiger partial charge in [-0.05, 0) is 47.5 Å². The summed E-state index contributed by atoms with van der Waals surface area (Å²) in [5.41, 5.74) is 1.51. The summed E-state index contributed by atoms with van der Waals surface area (Å²) in [6.07, 6.45) is 0.459. The van der Waals surface area contributed by atoms with Crippen LogP contribution in [-0.4, -0.2) is 10.2 Å². The summed E-state index contributed by atoms with van der Waals surface area (Å²) in [6.45, 7) is 0. The third kappa shape index (κ3) is 3.05. The van der Waals surface area contributed by atoms with Gasteiger partial charge in [0, 0.05) is 16.5 Å². The zero-order valence-electron chi connectivity index (χ0n) is 8.82. The molecule has 0 aliphatic heterocycles. The summed E-state index contributed by atoms with van der Waals surface area (Å²) >= 11 is 11.7. The fourth-order valence-corrected chi connectivity index (χ4v) is 2.10. The first kappa shape index (κ1) is 12.1. The molecule has 2 nitrogen and oxygen atoms in total. The SMILES string of the molecule is Oc1cc(Cl)cc(Cc2cc(Cl)ccc2O)c1. The first-order valence-corrected chi connectivity index (χ1v) is 5.76. The van der Waals surface area contributed by atoms with Crippen LogP contribution in [0.5, 0.6) is 11.5 Å². The minimum atomic E-state index is 0.106. The number of aromatic hydroxyl groups is 2. The van der Waals surface area contributed by atoms with E-state index in [1.54, 1.807) is 30.3 Å². The van der Waals surface area contributed by atoms with Crippen LogP contribution in [0.4, 0.5) is 0 Å². The Balaban J connectivity index is 2.34. The van der Waals surface area contributed by atoms with Crippen molar-refractivity contribution >= 4 is 23.2 Å². The van der Waals surface area contributed by atoms with Crippen LogP contribution in [0.2, 0.25) is 10.0 Å². The Morgan fingerprint density at radius 3 is 2.35 bits per heavy atom. The van der Waals surface area contributed by atoms with E-state index in [1.807, 2.05) is 0 Å². The van der Waals surface area contributed by atoms with E-state index in [4.69, 9.17) is 23.2 Å². The molecule has 2 aromatic carbocycles. The maximum absolute atomic E-state index is 9.68. The van der Waals surface area contributed by atoms with E-state index in [0.717, 1.165) is 5.56 Å². The molecule has 0 radical (unpaired) electrons. The molecule has 0 bridgehead atoms. The second-order valence-electron chi connectivity index (χ2n) is 3.77. The molecular weight excluding hydrogens is 259 g/mol. The number of phenols is 2. The molecule has 0 atom stereocenters. The highest BCUT2D eigenvalue weighted by atomic mass is 35.5. The maximum Gasteiger partial charge on any atom is 0.119 e. The van der Waals surface area contributed by atoms with Gasteiger partial charge in [0.2, 0.25) is 0 Å². The molecule has 0 fully saturated rings. The topological polar surface area (TPSA) is 40.5 Å². The van der Waals surface area contributed by atoms with E-state index in [0.29, 0.717) is 22.0 Å². The number of benzene rings is 2. The normalized spacial score (nSPS) is 10.5. The first-order valence-electron chi connectivity index (χ1n) is 5.00. The van der Waals surface area contributed by atoms with Crippen molar-refractivity contribution in [3.63, 3.8) is 0 Å². The molecule has 0 saturated carbocycles. The maximum atomic E-state index is 9.68. The van der Waals surface area contributed by atoms with E-state index >= 15 is 0 Å². The highest BCUT2D eigenvalue weighted by Crippen LogP contribution is 2.27. The predicted octanol–water partition coefficient (Wildman–Crippen LogP) is 4.00. The van der Waals surface area contributed by atoms with E-state index in [-0.39, 0.29) is 11.5 Å². The van der Waals surface area contributed by atoms with Crippen molar-refractivity contribution < 1.29 is 10.2 Å². The highest BCUT2D eigenvalue weighted by Gasteiger charge is 2.05. The molecule has 0 aliphatic carbocycles. The van der Waals surface area contributed by atoms with Crippen LogP contribution in [0, 0.1) is 0 Å². The summed E-state index contributed by atoms with van der Waals surface area (Å²) in [5.74, 6) is 0.280. The van der Waals surface area contributed by atoms with Gasteiger partial charge in [0.25, 0.3) is 0 Å². The minimum absolute atomic E-state index is 0.106. The Morgan fingerprint density at radius 2 is 1.65 bits per heavy atom. The van der Waals surface area contributed by atoms with E-state index in [2.05, 4.69) is 0 Å². The van der Waals surface area contributed by atoms with Gasteiger partial charge in [0.05, 0.1) is 0 Å². The largest absolute Gasteiger partial charge is 0.508 e. The molecule has 0 aliphatic rings. The molecular formula is C13H10Cl2O2. The fraction of sp³-hybridized carbons (Fsp3) is 0.0769. The van der Waals surface area contributed by atoms with Gasteiger partial charge in [-0.2, -0.15) is 0 Å². The van der Waals surface area contributed by atoms with Gasteiger partial charge in [0.15, 0.2) is 0 Å². The fourth-order valence-electron chi connectivity index (χ4n) is 1.65. The molecule has 17 heavy (non-hydrogen) atoms. The Bertz CT molecular complexity index is 533. The molecule has 0 amide bonds. The molecule has 2 aromatic rings. The zero-order chi connectivity index (χ0) is 12.4. The third-order valence-corrected chi connectivity index (χ3v) is 2.83. The van der Waals surface area contributed by atoms with Crippen LogP contribution in [0.1, 0.15) is 11.1 Å². The Hall–Kier alpha value is -1.38. The van der Waals surface area contributed by atoms with Crippen molar-refractivity contribution in [1.29, 1.82) is 0 Å². The van der Waals surface area contributed by atoms with Crippen LogP contribution in [0.15, 0.2) is 36.4 Å². The van der Waals surface area contributed by atoms with Crippen molar-refractivity contribution in [3.05, 3.63) is 57.6 Å². The van der Waals surface area contributed by atoms with Gasteiger partial charge in [0.1, 0.15) is 11.5 Å². The second kappa shape index (κ2) is 4.86. The Labute approximate surface area is 109 Å². The molecule has 88 valence electrons. The molecule has 0 saturated heterocycles. The quantitative estimate of drug-likeness (QED) is 0.865. The van der Waals surface area contributed by atoms with Crippen LogP contribution in [-0.2, 0) is 6.42 Å². The number of hydrogen-bond acceptors (Lipinski definition) is 2. The lowest BCUT2D eigenvalue weighted by atomic mass is 10.0. The van der Waals surface area contributed by atoms with Crippen molar-refractivity contribution in [2.24, 2.45) is 0 Å². The molecule has 0 spiro atoms. The number of halogens is 2. The lowest BCUT2D eigenvalue weighted by molar-refractivity contribution is 0.468. The third-order valence-electron chi connectivity index (χ3n) is 2.38. The number of hydrogen-bond donors (Lipinski definition) is 2. The van der Waals surface area contributed by atoms with Gasteiger partial charge in [-0.1, -0.05) is 23.2 Å². The number of rotatable bonds is 2. The van der Waals surface area contributed by atoms with Crippen LogP contribution in [0.25, 0.3) is 0 Å². The first-order chi connectivity index (χ1) is 8.04. The van der Waals surface area contributed by atoms with Gasteiger partial charge < -0.3 is 10.2 Å². The summed E-state index contributed by atoms with van der Waals surface area (Å²) in [6, 6.07) is 9.66. The molecule has 2 N–H and O–H groups in total. The van der Waals surface area contributed by atoms with Crippen molar-refractivity contribution in [3.8, 4) is 11.5 Å². The zero-order valence-corrected chi connectivity index (χ0v) is 10.3. The van der Waals surface area contributed by atoms with E-state index < -0.39 is 0 Å². The molecule has 4 heteroatoms. The summed E-state index contributed by atoms with van der Waals surface area (Å²) in [7, 11) is 0. The van der Waals surface area contributed by atoms with Gasteiger partial charge in [-0.3, -0.25) is 0 Å². The molecule has 0 aromatic heterocycles. The van der Waals surface area contributed by atoms with Crippen LogP contribution < -0.4 is 0 Å². The summed E-state index contributed by atoms with van der Waals surface area (Å²) in [4.78, 5) is 0. The minimum Gasteiger partial charge on any atom is -0.508 e.